The number of thiazole rings is 1. The number of rotatable bonds is 2. The van der Waals surface area contributed by atoms with Crippen LogP contribution in [0.3, 0.4) is 0 Å². The summed E-state index contributed by atoms with van der Waals surface area (Å²) in [6.07, 6.45) is 0. The van der Waals surface area contributed by atoms with Gasteiger partial charge >= 0.3 is 0 Å². The highest BCUT2D eigenvalue weighted by Gasteiger charge is 2.15. The van der Waals surface area contributed by atoms with E-state index in [1.54, 1.807) is 41.9 Å². The molecular formula is C14H10Cl2N2O2S2. The smallest absolute Gasteiger partial charge is 0.285 e. The topological polar surface area (TPSA) is 51.4 Å². The molecule has 0 aliphatic carbocycles. The highest BCUT2D eigenvalue weighted by atomic mass is 35.5. The lowest BCUT2D eigenvalue weighted by atomic mass is 10.3. The summed E-state index contributed by atoms with van der Waals surface area (Å²) >= 11 is 13.4. The Morgan fingerprint density at radius 1 is 1.09 bits per heavy atom. The van der Waals surface area contributed by atoms with Crippen molar-refractivity contribution in [2.45, 2.75) is 4.90 Å². The van der Waals surface area contributed by atoms with E-state index in [2.05, 4.69) is 4.40 Å². The summed E-state index contributed by atoms with van der Waals surface area (Å²) in [5.41, 5.74) is 0.668. The van der Waals surface area contributed by atoms with Gasteiger partial charge in [-0.05, 0) is 24.3 Å². The maximum Gasteiger partial charge on any atom is 0.285 e. The first-order chi connectivity index (χ1) is 10.4. The van der Waals surface area contributed by atoms with Crippen molar-refractivity contribution >= 4 is 54.8 Å². The Kier molecular flexibility index (Phi) is 4.03. The largest absolute Gasteiger partial charge is 0.318 e. The van der Waals surface area contributed by atoms with Crippen molar-refractivity contribution < 1.29 is 8.42 Å². The molecule has 0 spiro atoms. The molecule has 0 amide bonds. The minimum atomic E-state index is -3.77. The first-order valence-electron chi connectivity index (χ1n) is 6.20. The number of aromatic nitrogens is 1. The lowest BCUT2D eigenvalue weighted by Crippen LogP contribution is -2.13. The normalized spacial score (nSPS) is 13.0. The van der Waals surface area contributed by atoms with Crippen LogP contribution < -0.4 is 4.80 Å². The van der Waals surface area contributed by atoms with E-state index in [1.165, 1.54) is 23.5 Å². The molecule has 0 saturated carbocycles. The minimum absolute atomic E-state index is 0.150. The standard InChI is InChI=1S/C14H10Cl2N2O2S2/c1-18-13-11(8-7-10(15)12(13)16)21-14(18)17-22(19,20)9-5-3-2-4-6-9/h2-8H,1H3/b17-14-. The van der Waals surface area contributed by atoms with Crippen LogP contribution in [0, 0.1) is 0 Å². The van der Waals surface area contributed by atoms with E-state index in [9.17, 15) is 8.42 Å². The average molecular weight is 373 g/mol. The van der Waals surface area contributed by atoms with Gasteiger partial charge in [-0.3, -0.25) is 0 Å². The Balaban J connectivity index is 2.27. The minimum Gasteiger partial charge on any atom is -0.318 e. The number of sulfonamides is 1. The monoisotopic (exact) mass is 372 g/mol. The molecule has 3 aromatic rings. The summed E-state index contributed by atoms with van der Waals surface area (Å²) in [5.74, 6) is 0. The predicted octanol–water partition coefficient (Wildman–Crippen LogP) is 3.84. The molecular weight excluding hydrogens is 363 g/mol. The van der Waals surface area contributed by atoms with Gasteiger partial charge in [-0.15, -0.1) is 4.40 Å². The summed E-state index contributed by atoms with van der Waals surface area (Å²) < 4.78 is 31.1. The van der Waals surface area contributed by atoms with Crippen LogP contribution in [0.15, 0.2) is 51.8 Å². The van der Waals surface area contributed by atoms with E-state index in [-0.39, 0.29) is 4.90 Å². The lowest BCUT2D eigenvalue weighted by Gasteiger charge is -2.00. The molecule has 1 aromatic heterocycles. The molecule has 8 heteroatoms. The second-order valence-corrected chi connectivity index (χ2v) is 7.93. The van der Waals surface area contributed by atoms with E-state index in [0.29, 0.717) is 20.4 Å². The second kappa shape index (κ2) is 5.70. The van der Waals surface area contributed by atoms with Crippen LogP contribution in [0.2, 0.25) is 10.0 Å². The SMILES string of the molecule is Cn1/c(=N/S(=O)(=O)c2ccccc2)sc2ccc(Cl)c(Cl)c21. The fraction of sp³-hybridized carbons (Fsp3) is 0.0714. The Labute approximate surface area is 141 Å². The Morgan fingerprint density at radius 2 is 1.77 bits per heavy atom. The number of halogens is 2. The summed E-state index contributed by atoms with van der Waals surface area (Å²) in [4.78, 5) is 0.486. The van der Waals surface area contributed by atoms with E-state index in [1.807, 2.05) is 0 Å². The van der Waals surface area contributed by atoms with Crippen LogP contribution in [0.5, 0.6) is 0 Å². The van der Waals surface area contributed by atoms with Gasteiger partial charge in [-0.2, -0.15) is 8.42 Å². The van der Waals surface area contributed by atoms with Crippen LogP contribution in [0.4, 0.5) is 0 Å². The number of benzene rings is 2. The average Bonchev–Trinajstić information content (AvgIpc) is 2.80. The zero-order valence-electron chi connectivity index (χ0n) is 11.3. The Morgan fingerprint density at radius 3 is 2.45 bits per heavy atom. The van der Waals surface area contributed by atoms with Crippen LogP contribution in [-0.4, -0.2) is 13.0 Å². The molecule has 0 aliphatic heterocycles. The van der Waals surface area contributed by atoms with Crippen molar-refractivity contribution in [1.82, 2.24) is 4.57 Å². The van der Waals surface area contributed by atoms with Gasteiger partial charge in [0.25, 0.3) is 10.0 Å². The molecule has 2 aromatic carbocycles. The Bertz CT molecular complexity index is 1020. The molecule has 22 heavy (non-hydrogen) atoms. The third kappa shape index (κ3) is 2.67. The fourth-order valence-electron chi connectivity index (χ4n) is 2.01. The number of fused-ring (bicyclic) bond motifs is 1. The number of aryl methyl sites for hydroxylation is 1. The maximum atomic E-state index is 12.4. The lowest BCUT2D eigenvalue weighted by molar-refractivity contribution is 0.596. The maximum absolute atomic E-state index is 12.4. The summed E-state index contributed by atoms with van der Waals surface area (Å²) in [6, 6.07) is 11.6. The van der Waals surface area contributed by atoms with Crippen molar-refractivity contribution in [3.63, 3.8) is 0 Å². The summed E-state index contributed by atoms with van der Waals surface area (Å²) in [6.45, 7) is 0. The second-order valence-electron chi connectivity index (χ2n) is 4.53. The molecule has 4 nitrogen and oxygen atoms in total. The molecule has 114 valence electrons. The molecule has 0 radical (unpaired) electrons. The molecule has 0 N–H and O–H groups in total. The predicted molar refractivity (Wildman–Crippen MR) is 90.0 cm³/mol. The van der Waals surface area contributed by atoms with Gasteiger partial charge in [0.05, 0.1) is 25.2 Å². The fourth-order valence-corrected chi connectivity index (χ4v) is 4.78. The van der Waals surface area contributed by atoms with Crippen LogP contribution in [0.25, 0.3) is 10.2 Å². The van der Waals surface area contributed by atoms with E-state index >= 15 is 0 Å². The van der Waals surface area contributed by atoms with Gasteiger partial charge < -0.3 is 4.57 Å². The zero-order chi connectivity index (χ0) is 15.9. The van der Waals surface area contributed by atoms with Crippen LogP contribution >= 0.6 is 34.5 Å². The first kappa shape index (κ1) is 15.6. The molecule has 1 heterocycles. The van der Waals surface area contributed by atoms with Crippen molar-refractivity contribution in [2.75, 3.05) is 0 Å². The number of hydrogen-bond donors (Lipinski definition) is 0. The van der Waals surface area contributed by atoms with Gasteiger partial charge in [0.2, 0.25) is 4.80 Å². The molecule has 0 fully saturated rings. The van der Waals surface area contributed by atoms with Gasteiger partial charge in [-0.25, -0.2) is 0 Å². The molecule has 0 atom stereocenters. The third-order valence-electron chi connectivity index (χ3n) is 3.09. The molecule has 3 rings (SSSR count). The van der Waals surface area contributed by atoms with E-state index in [4.69, 9.17) is 23.2 Å². The van der Waals surface area contributed by atoms with Gasteiger partial charge in [0, 0.05) is 7.05 Å². The van der Waals surface area contributed by atoms with E-state index in [0.717, 1.165) is 4.70 Å². The van der Waals surface area contributed by atoms with Gasteiger partial charge in [-0.1, -0.05) is 52.7 Å². The summed E-state index contributed by atoms with van der Waals surface area (Å²) in [5, 5.41) is 0.802. The highest BCUT2D eigenvalue weighted by Crippen LogP contribution is 2.31. The molecule has 0 saturated heterocycles. The Hall–Kier alpha value is -1.34. The first-order valence-corrected chi connectivity index (χ1v) is 9.21. The number of nitrogens with zero attached hydrogens (tertiary/aromatic N) is 2. The van der Waals surface area contributed by atoms with E-state index < -0.39 is 10.0 Å². The number of hydrogen-bond acceptors (Lipinski definition) is 3. The van der Waals surface area contributed by atoms with Crippen LogP contribution in [-0.2, 0) is 17.1 Å². The van der Waals surface area contributed by atoms with Crippen molar-refractivity contribution in [3.05, 3.63) is 57.3 Å². The van der Waals surface area contributed by atoms with Crippen molar-refractivity contribution in [3.8, 4) is 0 Å². The van der Waals surface area contributed by atoms with Crippen LogP contribution in [0.1, 0.15) is 0 Å². The third-order valence-corrected chi connectivity index (χ3v) is 6.38. The molecule has 0 bridgehead atoms. The van der Waals surface area contributed by atoms with Gasteiger partial charge in [0.1, 0.15) is 0 Å². The summed E-state index contributed by atoms with van der Waals surface area (Å²) in [7, 11) is -2.06. The quantitative estimate of drug-likeness (QED) is 0.686. The van der Waals surface area contributed by atoms with Crippen molar-refractivity contribution in [2.24, 2.45) is 11.4 Å². The van der Waals surface area contributed by atoms with Crippen molar-refractivity contribution in [1.29, 1.82) is 0 Å². The molecule has 0 unspecified atom stereocenters. The zero-order valence-corrected chi connectivity index (χ0v) is 14.5. The molecule has 0 aliphatic rings. The van der Waals surface area contributed by atoms with Gasteiger partial charge in [0.15, 0.2) is 0 Å². The highest BCUT2D eigenvalue weighted by molar-refractivity contribution is 7.90.